The van der Waals surface area contributed by atoms with E-state index in [1.54, 1.807) is 66.7 Å². The molecule has 1 aliphatic carbocycles. The molecule has 162 valence electrons. The van der Waals surface area contributed by atoms with Crippen molar-refractivity contribution in [3.8, 4) is 0 Å². The zero-order valence-corrected chi connectivity index (χ0v) is 17.9. The average Bonchev–Trinajstić information content (AvgIpc) is 3.40. The van der Waals surface area contributed by atoms with Crippen molar-refractivity contribution in [1.82, 2.24) is 0 Å². The van der Waals surface area contributed by atoms with Gasteiger partial charge in [-0.1, -0.05) is 72.3 Å². The fourth-order valence-electron chi connectivity index (χ4n) is 5.33. The van der Waals surface area contributed by atoms with Gasteiger partial charge in [-0.3, -0.25) is 19.2 Å². The lowest BCUT2D eigenvalue weighted by Crippen LogP contribution is -2.51. The van der Waals surface area contributed by atoms with E-state index in [9.17, 15) is 19.2 Å². The minimum atomic E-state index is -2.07. The van der Waals surface area contributed by atoms with E-state index in [2.05, 4.69) is 0 Å². The number of benzene rings is 3. The van der Waals surface area contributed by atoms with E-state index in [4.69, 9.17) is 16.3 Å². The molecule has 7 heteroatoms. The van der Waals surface area contributed by atoms with E-state index < -0.39 is 46.9 Å². The molecule has 0 radical (unpaired) electrons. The highest BCUT2D eigenvalue weighted by Gasteiger charge is 2.74. The first-order valence-electron chi connectivity index (χ1n) is 10.5. The molecule has 0 saturated carbocycles. The number of fused-ring (bicyclic) bond motifs is 3. The minimum absolute atomic E-state index is 0.205. The third-order valence-electron chi connectivity index (χ3n) is 6.71. The third-order valence-corrected chi connectivity index (χ3v) is 6.95. The number of amides is 2. The normalized spacial score (nSPS) is 25.1. The van der Waals surface area contributed by atoms with E-state index in [-0.39, 0.29) is 11.1 Å². The summed E-state index contributed by atoms with van der Waals surface area (Å²) in [7, 11) is 0. The highest BCUT2D eigenvalue weighted by molar-refractivity contribution is 6.37. The molecule has 2 amide bonds. The number of carbonyl (C=O) groups is 4. The molecule has 33 heavy (non-hydrogen) atoms. The molecular weight excluding hydrogens is 442 g/mol. The van der Waals surface area contributed by atoms with Crippen LogP contribution < -0.4 is 4.90 Å². The van der Waals surface area contributed by atoms with Crippen LogP contribution in [0.15, 0.2) is 78.9 Å². The molecule has 3 atom stereocenters. The quantitative estimate of drug-likeness (QED) is 0.428. The van der Waals surface area contributed by atoms with Crippen LogP contribution >= 0.6 is 11.6 Å². The highest BCUT2D eigenvalue weighted by atomic mass is 35.5. The van der Waals surface area contributed by atoms with Gasteiger partial charge in [0.05, 0.1) is 23.6 Å². The minimum Gasteiger partial charge on any atom is -0.349 e. The summed E-state index contributed by atoms with van der Waals surface area (Å²) in [6.45, 7) is 0. The summed E-state index contributed by atoms with van der Waals surface area (Å²) in [4.78, 5) is 55.8. The maximum absolute atomic E-state index is 13.8. The number of Topliss-reactive ketones (excluding diaryl/α,β-unsaturated/α-hetero) is 2. The van der Waals surface area contributed by atoms with Crippen LogP contribution in [0, 0.1) is 11.8 Å². The zero-order chi connectivity index (χ0) is 22.9. The van der Waals surface area contributed by atoms with Gasteiger partial charge >= 0.3 is 0 Å². The predicted octanol–water partition coefficient (Wildman–Crippen LogP) is 4.04. The topological polar surface area (TPSA) is 80.8 Å². The molecule has 0 aromatic heterocycles. The van der Waals surface area contributed by atoms with Crippen LogP contribution in [0.1, 0.15) is 32.4 Å². The summed E-state index contributed by atoms with van der Waals surface area (Å²) in [5.74, 6) is -4.62. The average molecular weight is 458 g/mol. The second-order valence-corrected chi connectivity index (χ2v) is 8.82. The third kappa shape index (κ3) is 2.53. The molecule has 2 heterocycles. The SMILES string of the molecule is O=C1[C@H]2[C@@H](C(=O)N1c1cccc(Cl)c1)C1(O[C@H]2c2ccccc2)C(=O)c2ccccc2C1=O. The summed E-state index contributed by atoms with van der Waals surface area (Å²) in [6.07, 6.45) is -0.931. The lowest BCUT2D eigenvalue weighted by molar-refractivity contribution is -0.127. The van der Waals surface area contributed by atoms with Gasteiger partial charge in [-0.15, -0.1) is 0 Å². The van der Waals surface area contributed by atoms with Gasteiger partial charge in [0, 0.05) is 16.1 Å². The Morgan fingerprint density at radius 3 is 2.03 bits per heavy atom. The fourth-order valence-corrected chi connectivity index (χ4v) is 5.52. The Hall–Kier alpha value is -3.61. The number of hydrogen-bond donors (Lipinski definition) is 0. The molecule has 0 bridgehead atoms. The molecule has 6 rings (SSSR count). The van der Waals surface area contributed by atoms with Crippen LogP contribution in [-0.2, 0) is 14.3 Å². The first-order chi connectivity index (χ1) is 15.9. The predicted molar refractivity (Wildman–Crippen MR) is 119 cm³/mol. The molecule has 0 unspecified atom stereocenters. The lowest BCUT2D eigenvalue weighted by atomic mass is 9.77. The number of carbonyl (C=O) groups excluding carboxylic acids is 4. The van der Waals surface area contributed by atoms with Crippen molar-refractivity contribution < 1.29 is 23.9 Å². The van der Waals surface area contributed by atoms with Crippen LogP contribution in [0.4, 0.5) is 5.69 Å². The van der Waals surface area contributed by atoms with Crippen LogP contribution in [0.2, 0.25) is 5.02 Å². The standard InChI is InChI=1S/C26H16ClNO5/c27-15-9-6-10-16(13-15)28-24(31)19-20(25(28)32)26(33-21(19)14-7-2-1-3-8-14)22(29)17-11-4-5-12-18(17)23(26)30/h1-13,19-21H/t19-,20-,21-/m0/s1. The van der Waals surface area contributed by atoms with Crippen molar-refractivity contribution in [2.24, 2.45) is 11.8 Å². The molecule has 1 spiro atoms. The Labute approximate surface area is 193 Å². The van der Waals surface area contributed by atoms with Gasteiger partial charge in [0.1, 0.15) is 0 Å². The number of halogens is 1. The molecule has 3 aliphatic rings. The second-order valence-electron chi connectivity index (χ2n) is 8.38. The fraction of sp³-hybridized carbons (Fsp3) is 0.154. The van der Waals surface area contributed by atoms with E-state index in [0.717, 1.165) is 4.90 Å². The Morgan fingerprint density at radius 2 is 1.39 bits per heavy atom. The van der Waals surface area contributed by atoms with Crippen LogP contribution in [0.3, 0.4) is 0 Å². The largest absolute Gasteiger partial charge is 0.349 e. The number of rotatable bonds is 2. The van der Waals surface area contributed by atoms with Gasteiger partial charge in [-0.2, -0.15) is 0 Å². The van der Waals surface area contributed by atoms with Crippen molar-refractivity contribution >= 4 is 40.7 Å². The second kappa shape index (κ2) is 6.94. The number of anilines is 1. The van der Waals surface area contributed by atoms with Gasteiger partial charge in [0.2, 0.25) is 29.0 Å². The molecule has 2 aliphatic heterocycles. The van der Waals surface area contributed by atoms with E-state index in [1.165, 1.54) is 6.07 Å². The molecule has 3 aromatic carbocycles. The van der Waals surface area contributed by atoms with Crippen LogP contribution in [0.5, 0.6) is 0 Å². The lowest BCUT2D eigenvalue weighted by Gasteiger charge is -2.27. The summed E-state index contributed by atoms with van der Waals surface area (Å²) in [6, 6.07) is 21.7. The summed E-state index contributed by atoms with van der Waals surface area (Å²) in [5, 5.41) is 0.358. The van der Waals surface area contributed by atoms with Crippen molar-refractivity contribution in [3.05, 3.63) is 101 Å². The monoisotopic (exact) mass is 457 g/mol. The van der Waals surface area contributed by atoms with Gasteiger partial charge in [0.15, 0.2) is 0 Å². The smallest absolute Gasteiger partial charge is 0.241 e. The van der Waals surface area contributed by atoms with Gasteiger partial charge in [-0.05, 0) is 23.8 Å². The summed E-state index contributed by atoms with van der Waals surface area (Å²) in [5.41, 5.74) is -0.748. The van der Waals surface area contributed by atoms with Crippen LogP contribution in [0.25, 0.3) is 0 Å². The maximum Gasteiger partial charge on any atom is 0.241 e. The molecule has 3 aromatic rings. The van der Waals surface area contributed by atoms with E-state index in [0.29, 0.717) is 16.3 Å². The Bertz CT molecular complexity index is 1330. The Morgan fingerprint density at radius 1 is 0.758 bits per heavy atom. The van der Waals surface area contributed by atoms with Crippen molar-refractivity contribution in [1.29, 1.82) is 0 Å². The summed E-state index contributed by atoms with van der Waals surface area (Å²) < 4.78 is 6.23. The van der Waals surface area contributed by atoms with Crippen molar-refractivity contribution in [3.63, 3.8) is 0 Å². The number of hydrogen-bond acceptors (Lipinski definition) is 5. The number of ether oxygens (including phenoxy) is 1. The number of ketones is 2. The first kappa shape index (κ1) is 20.0. The van der Waals surface area contributed by atoms with Gasteiger partial charge < -0.3 is 4.74 Å². The Kier molecular flexibility index (Phi) is 4.21. The molecular formula is C26H16ClNO5. The van der Waals surface area contributed by atoms with Gasteiger partial charge in [-0.25, -0.2) is 4.90 Å². The molecule has 6 nitrogen and oxygen atoms in total. The Balaban J connectivity index is 1.56. The van der Waals surface area contributed by atoms with E-state index >= 15 is 0 Å². The van der Waals surface area contributed by atoms with Gasteiger partial charge in [0.25, 0.3) is 0 Å². The first-order valence-corrected chi connectivity index (χ1v) is 10.9. The zero-order valence-electron chi connectivity index (χ0n) is 17.1. The van der Waals surface area contributed by atoms with E-state index in [1.807, 2.05) is 6.07 Å². The molecule has 2 fully saturated rings. The van der Waals surface area contributed by atoms with Crippen LogP contribution in [-0.4, -0.2) is 29.0 Å². The van der Waals surface area contributed by atoms with Crippen molar-refractivity contribution in [2.45, 2.75) is 11.7 Å². The maximum atomic E-state index is 13.8. The summed E-state index contributed by atoms with van der Waals surface area (Å²) >= 11 is 6.11. The molecule has 2 saturated heterocycles. The van der Waals surface area contributed by atoms with Crippen molar-refractivity contribution in [2.75, 3.05) is 4.90 Å². The molecule has 0 N–H and O–H groups in total. The number of imide groups is 1. The highest BCUT2D eigenvalue weighted by Crippen LogP contribution is 2.57. The number of nitrogens with zero attached hydrogens (tertiary/aromatic N) is 1.